The van der Waals surface area contributed by atoms with Gasteiger partial charge >= 0.3 is 0 Å². The topological polar surface area (TPSA) is 143 Å². The second kappa shape index (κ2) is 10.7. The first-order valence-electron chi connectivity index (χ1n) is 10.9. The molecule has 0 amide bonds. The summed E-state index contributed by atoms with van der Waals surface area (Å²) in [4.78, 5) is 11.8. The number of anilines is 1. The van der Waals surface area contributed by atoms with E-state index in [-0.39, 0.29) is 24.0 Å². The Morgan fingerprint density at radius 1 is 1.00 bits per heavy atom. The Balaban J connectivity index is 1.82. The number of rotatable bonds is 10. The molecule has 12 nitrogen and oxygen atoms in total. The quantitative estimate of drug-likeness (QED) is 0.326. The predicted octanol–water partition coefficient (Wildman–Crippen LogP) is 2.66. The zero-order valence-corrected chi connectivity index (χ0v) is 21.2. The highest BCUT2D eigenvalue weighted by Gasteiger charge is 2.28. The maximum absolute atomic E-state index is 13.3. The predicted molar refractivity (Wildman–Crippen MR) is 132 cm³/mol. The SMILES string of the molecule is COc1cc(-c2nnc(NS(=O)(=O)[C@@H](C)Cc3ncc(F)cn3)n2-c2c(OC)cccc2OC)ccn1. The van der Waals surface area contributed by atoms with Crippen LogP contribution in [0, 0.1) is 5.82 Å². The van der Waals surface area contributed by atoms with E-state index < -0.39 is 21.1 Å². The van der Waals surface area contributed by atoms with Gasteiger partial charge in [0, 0.05) is 24.2 Å². The number of ether oxygens (including phenoxy) is 3. The van der Waals surface area contributed by atoms with Gasteiger partial charge in [0.25, 0.3) is 0 Å². The maximum atomic E-state index is 13.3. The molecule has 0 saturated carbocycles. The van der Waals surface area contributed by atoms with E-state index in [9.17, 15) is 12.8 Å². The van der Waals surface area contributed by atoms with Crippen LogP contribution >= 0.6 is 0 Å². The molecule has 37 heavy (non-hydrogen) atoms. The van der Waals surface area contributed by atoms with Crippen LogP contribution in [0.15, 0.2) is 48.9 Å². The van der Waals surface area contributed by atoms with E-state index in [0.29, 0.717) is 28.6 Å². The highest BCUT2D eigenvalue weighted by molar-refractivity contribution is 7.93. The first kappa shape index (κ1) is 25.8. The maximum Gasteiger partial charge on any atom is 0.243 e. The summed E-state index contributed by atoms with van der Waals surface area (Å²) < 4.78 is 60.1. The molecule has 14 heteroatoms. The number of pyridine rings is 1. The van der Waals surface area contributed by atoms with E-state index >= 15 is 0 Å². The molecule has 0 saturated heterocycles. The Morgan fingerprint density at radius 2 is 1.68 bits per heavy atom. The highest BCUT2D eigenvalue weighted by atomic mass is 32.2. The van der Waals surface area contributed by atoms with E-state index in [0.717, 1.165) is 12.4 Å². The minimum absolute atomic E-state index is 0.0594. The first-order chi connectivity index (χ1) is 17.8. The van der Waals surface area contributed by atoms with Crippen LogP contribution in [0.3, 0.4) is 0 Å². The number of hydrogen-bond donors (Lipinski definition) is 1. The second-order valence-corrected chi connectivity index (χ2v) is 9.86. The van der Waals surface area contributed by atoms with E-state index in [4.69, 9.17) is 14.2 Å². The van der Waals surface area contributed by atoms with Gasteiger partial charge in [0.2, 0.25) is 21.9 Å². The zero-order chi connectivity index (χ0) is 26.6. The number of nitrogens with one attached hydrogen (secondary N) is 1. The molecule has 0 aliphatic rings. The van der Waals surface area contributed by atoms with E-state index in [1.165, 1.54) is 39.0 Å². The Labute approximate surface area is 212 Å². The second-order valence-electron chi connectivity index (χ2n) is 7.76. The fourth-order valence-electron chi connectivity index (χ4n) is 3.50. The van der Waals surface area contributed by atoms with Crippen molar-refractivity contribution in [3.63, 3.8) is 0 Å². The lowest BCUT2D eigenvalue weighted by atomic mass is 10.2. The van der Waals surface area contributed by atoms with Crippen molar-refractivity contribution < 1.29 is 27.0 Å². The fraction of sp³-hybridized carbons (Fsp3) is 0.261. The zero-order valence-electron chi connectivity index (χ0n) is 20.4. The summed E-state index contributed by atoms with van der Waals surface area (Å²) in [6.07, 6.45) is 3.43. The monoisotopic (exact) mass is 529 g/mol. The van der Waals surface area contributed by atoms with Gasteiger partial charge in [-0.3, -0.25) is 9.29 Å². The molecule has 4 rings (SSSR count). The Bertz CT molecular complexity index is 1470. The average molecular weight is 530 g/mol. The van der Waals surface area contributed by atoms with E-state index in [1.54, 1.807) is 30.3 Å². The van der Waals surface area contributed by atoms with Gasteiger partial charge in [0.1, 0.15) is 23.0 Å². The molecule has 0 fully saturated rings. The summed E-state index contributed by atoms with van der Waals surface area (Å²) in [6, 6.07) is 8.44. The molecule has 1 aromatic carbocycles. The summed E-state index contributed by atoms with van der Waals surface area (Å²) in [5, 5.41) is 7.39. The van der Waals surface area contributed by atoms with Gasteiger partial charge in [-0.2, -0.15) is 0 Å². The van der Waals surface area contributed by atoms with Crippen molar-refractivity contribution >= 4 is 16.0 Å². The van der Waals surface area contributed by atoms with Gasteiger partial charge in [-0.1, -0.05) is 6.07 Å². The number of sulfonamides is 1. The van der Waals surface area contributed by atoms with E-state index in [1.807, 2.05) is 0 Å². The molecule has 4 aromatic rings. The van der Waals surface area contributed by atoms with Gasteiger partial charge in [-0.15, -0.1) is 10.2 Å². The van der Waals surface area contributed by atoms with Crippen LogP contribution in [0.4, 0.5) is 10.3 Å². The van der Waals surface area contributed by atoms with Crippen molar-refractivity contribution in [2.75, 3.05) is 26.1 Å². The summed E-state index contributed by atoms with van der Waals surface area (Å²) in [7, 11) is 0.396. The van der Waals surface area contributed by atoms with Crippen molar-refractivity contribution in [3.8, 4) is 34.5 Å². The Hall–Kier alpha value is -4.33. The van der Waals surface area contributed by atoms with Gasteiger partial charge in [-0.05, 0) is 25.1 Å². The number of benzene rings is 1. The molecule has 1 N–H and O–H groups in total. The third kappa shape index (κ3) is 5.43. The minimum Gasteiger partial charge on any atom is -0.494 e. The lowest BCUT2D eigenvalue weighted by Crippen LogP contribution is -2.29. The van der Waals surface area contributed by atoms with Gasteiger partial charge in [0.05, 0.1) is 39.0 Å². The minimum atomic E-state index is -4.04. The van der Waals surface area contributed by atoms with Crippen LogP contribution in [0.2, 0.25) is 0 Å². The van der Waals surface area contributed by atoms with Gasteiger partial charge in [-0.25, -0.2) is 27.8 Å². The third-order valence-corrected chi connectivity index (χ3v) is 7.09. The molecule has 194 valence electrons. The van der Waals surface area contributed by atoms with Crippen LogP contribution < -0.4 is 18.9 Å². The lowest BCUT2D eigenvalue weighted by molar-refractivity contribution is 0.391. The van der Waals surface area contributed by atoms with Crippen molar-refractivity contribution in [1.82, 2.24) is 29.7 Å². The van der Waals surface area contributed by atoms with Crippen molar-refractivity contribution in [3.05, 3.63) is 60.6 Å². The number of para-hydroxylation sites is 1. The van der Waals surface area contributed by atoms with Gasteiger partial charge in [0.15, 0.2) is 11.6 Å². The molecule has 0 aliphatic heterocycles. The van der Waals surface area contributed by atoms with Crippen molar-refractivity contribution in [1.29, 1.82) is 0 Å². The molecule has 3 heterocycles. The fourth-order valence-corrected chi connectivity index (χ4v) is 4.46. The van der Waals surface area contributed by atoms with Crippen LogP contribution in [-0.4, -0.2) is 64.7 Å². The number of hydrogen-bond acceptors (Lipinski definition) is 10. The Morgan fingerprint density at radius 3 is 2.30 bits per heavy atom. The smallest absolute Gasteiger partial charge is 0.243 e. The summed E-state index contributed by atoms with van der Waals surface area (Å²) in [5.41, 5.74) is 0.918. The summed E-state index contributed by atoms with van der Waals surface area (Å²) >= 11 is 0. The summed E-state index contributed by atoms with van der Waals surface area (Å²) in [5.74, 6) is 0.822. The number of nitrogens with zero attached hydrogens (tertiary/aromatic N) is 6. The molecule has 0 spiro atoms. The molecule has 0 aliphatic carbocycles. The third-order valence-electron chi connectivity index (χ3n) is 5.40. The molecule has 3 aromatic heterocycles. The van der Waals surface area contributed by atoms with Crippen LogP contribution in [-0.2, 0) is 16.4 Å². The molecular formula is C23H24FN7O5S. The van der Waals surface area contributed by atoms with Crippen LogP contribution in [0.1, 0.15) is 12.7 Å². The van der Waals surface area contributed by atoms with Crippen LogP contribution in [0.5, 0.6) is 17.4 Å². The number of methoxy groups -OCH3 is 3. The van der Waals surface area contributed by atoms with Crippen LogP contribution in [0.25, 0.3) is 17.1 Å². The number of aromatic nitrogens is 6. The van der Waals surface area contributed by atoms with Gasteiger partial charge < -0.3 is 14.2 Å². The van der Waals surface area contributed by atoms with Crippen molar-refractivity contribution in [2.24, 2.45) is 0 Å². The average Bonchev–Trinajstić information content (AvgIpc) is 3.31. The first-order valence-corrected chi connectivity index (χ1v) is 12.5. The standard InChI is InChI=1S/C23H24FN7O5S/c1-14(10-19-26-12-16(24)13-27-19)37(32,33)30-23-29-28-22(15-8-9-25-20(11-15)36-4)31(23)21-17(34-2)6-5-7-18(21)35-3/h5-9,11-14H,10H2,1-4H3,(H,29,30)/t14-/m0/s1. The largest absolute Gasteiger partial charge is 0.494 e. The Kier molecular flexibility index (Phi) is 7.47. The van der Waals surface area contributed by atoms with Crippen molar-refractivity contribution in [2.45, 2.75) is 18.6 Å². The molecule has 0 bridgehead atoms. The molecular weight excluding hydrogens is 505 g/mol. The normalized spacial score (nSPS) is 12.1. The molecule has 1 atom stereocenters. The highest BCUT2D eigenvalue weighted by Crippen LogP contribution is 2.38. The lowest BCUT2D eigenvalue weighted by Gasteiger charge is -2.19. The molecule has 0 radical (unpaired) electrons. The number of halogens is 1. The molecule has 0 unspecified atom stereocenters. The van der Waals surface area contributed by atoms with E-state index in [2.05, 4.69) is 29.9 Å². The summed E-state index contributed by atoms with van der Waals surface area (Å²) in [6.45, 7) is 1.48.